The minimum Gasteiger partial charge on any atom is -0.379 e. The number of rotatable bonds is 4. The van der Waals surface area contributed by atoms with Crippen LogP contribution in [0.3, 0.4) is 0 Å². The van der Waals surface area contributed by atoms with Gasteiger partial charge in [0.1, 0.15) is 5.82 Å². The van der Waals surface area contributed by atoms with Gasteiger partial charge in [0, 0.05) is 19.6 Å². The Morgan fingerprint density at radius 3 is 2.62 bits per heavy atom. The minimum atomic E-state index is -0.172. The monoisotopic (exact) mass is 284 g/mol. The number of nitrogens with one attached hydrogen (secondary N) is 1. The summed E-state index contributed by atoms with van der Waals surface area (Å²) in [6, 6.07) is 13.4. The summed E-state index contributed by atoms with van der Waals surface area (Å²) in [5, 5.41) is 3.50. The van der Waals surface area contributed by atoms with Gasteiger partial charge in [0.05, 0.1) is 11.4 Å². The van der Waals surface area contributed by atoms with Crippen LogP contribution in [0.4, 0.5) is 15.8 Å². The zero-order valence-electron chi connectivity index (χ0n) is 12.4. The highest BCUT2D eigenvalue weighted by Gasteiger charge is 2.15. The second kappa shape index (κ2) is 6.17. The molecule has 1 saturated heterocycles. The highest BCUT2D eigenvalue weighted by atomic mass is 19.1. The predicted octanol–water partition coefficient (Wildman–Crippen LogP) is 4.35. The van der Waals surface area contributed by atoms with Crippen molar-refractivity contribution in [2.75, 3.05) is 23.3 Å². The topological polar surface area (TPSA) is 15.3 Å². The molecule has 3 rings (SSSR count). The molecule has 1 heterocycles. The van der Waals surface area contributed by atoms with Crippen molar-refractivity contribution in [2.24, 2.45) is 0 Å². The lowest BCUT2D eigenvalue weighted by atomic mass is 10.1. The maximum atomic E-state index is 13.2. The molecule has 110 valence electrons. The van der Waals surface area contributed by atoms with Crippen LogP contribution >= 0.6 is 0 Å². The Morgan fingerprint density at radius 1 is 1.10 bits per heavy atom. The molecule has 21 heavy (non-hydrogen) atoms. The van der Waals surface area contributed by atoms with Crippen LogP contribution in [-0.2, 0) is 6.54 Å². The second-order valence-corrected chi connectivity index (χ2v) is 5.64. The maximum absolute atomic E-state index is 13.2. The molecule has 1 aliphatic rings. The van der Waals surface area contributed by atoms with E-state index in [0.717, 1.165) is 36.4 Å². The number of hydrogen-bond acceptors (Lipinski definition) is 2. The molecule has 2 aromatic rings. The van der Waals surface area contributed by atoms with Gasteiger partial charge >= 0.3 is 0 Å². The third-order valence-corrected chi connectivity index (χ3v) is 4.12. The number of anilines is 2. The lowest BCUT2D eigenvalue weighted by Gasteiger charge is -2.22. The summed E-state index contributed by atoms with van der Waals surface area (Å²) in [6.45, 7) is 4.94. The van der Waals surface area contributed by atoms with Gasteiger partial charge in [0.15, 0.2) is 0 Å². The molecule has 0 radical (unpaired) electrons. The van der Waals surface area contributed by atoms with E-state index >= 15 is 0 Å². The summed E-state index contributed by atoms with van der Waals surface area (Å²) in [5.74, 6) is -0.172. The van der Waals surface area contributed by atoms with Crippen molar-refractivity contribution in [3.63, 3.8) is 0 Å². The quantitative estimate of drug-likeness (QED) is 0.898. The standard InChI is InChI=1S/C18H21FN2/c1-14-12-16(19)9-8-15(14)13-20-17-6-2-3-7-18(17)21-10-4-5-11-21/h2-3,6-9,12,20H,4-5,10-11,13H2,1H3. The first kappa shape index (κ1) is 13.9. The number of hydrogen-bond donors (Lipinski definition) is 1. The van der Waals surface area contributed by atoms with Crippen LogP contribution in [0.25, 0.3) is 0 Å². The van der Waals surface area contributed by atoms with Gasteiger partial charge in [0.25, 0.3) is 0 Å². The van der Waals surface area contributed by atoms with E-state index in [1.54, 1.807) is 6.07 Å². The molecule has 0 unspecified atom stereocenters. The molecule has 1 fully saturated rings. The Kier molecular flexibility index (Phi) is 4.09. The van der Waals surface area contributed by atoms with Crippen LogP contribution in [0.15, 0.2) is 42.5 Å². The third-order valence-electron chi connectivity index (χ3n) is 4.12. The van der Waals surface area contributed by atoms with Crippen LogP contribution in [0, 0.1) is 12.7 Å². The number of nitrogens with zero attached hydrogens (tertiary/aromatic N) is 1. The van der Waals surface area contributed by atoms with Gasteiger partial charge < -0.3 is 10.2 Å². The molecular weight excluding hydrogens is 263 g/mol. The third kappa shape index (κ3) is 3.18. The van der Waals surface area contributed by atoms with Gasteiger partial charge in [-0.3, -0.25) is 0 Å². The Labute approximate surface area is 125 Å². The second-order valence-electron chi connectivity index (χ2n) is 5.64. The molecule has 1 N–H and O–H groups in total. The van der Waals surface area contributed by atoms with E-state index in [0.29, 0.717) is 0 Å². The van der Waals surface area contributed by atoms with Crippen LogP contribution < -0.4 is 10.2 Å². The first-order valence-electron chi connectivity index (χ1n) is 7.57. The molecular formula is C18H21FN2. The molecule has 0 aliphatic carbocycles. The predicted molar refractivity (Wildman–Crippen MR) is 86.4 cm³/mol. The van der Waals surface area contributed by atoms with Gasteiger partial charge in [-0.25, -0.2) is 4.39 Å². The van der Waals surface area contributed by atoms with Crippen LogP contribution in [0.5, 0.6) is 0 Å². The number of aryl methyl sites for hydroxylation is 1. The van der Waals surface area contributed by atoms with Crippen LogP contribution in [-0.4, -0.2) is 13.1 Å². The summed E-state index contributed by atoms with van der Waals surface area (Å²) >= 11 is 0. The largest absolute Gasteiger partial charge is 0.379 e. The molecule has 0 atom stereocenters. The van der Waals surface area contributed by atoms with E-state index < -0.39 is 0 Å². The molecule has 2 nitrogen and oxygen atoms in total. The van der Waals surface area contributed by atoms with Crippen molar-refractivity contribution in [2.45, 2.75) is 26.3 Å². The minimum absolute atomic E-state index is 0.172. The molecule has 0 aromatic heterocycles. The fraction of sp³-hybridized carbons (Fsp3) is 0.333. The Balaban J connectivity index is 1.75. The normalized spacial score (nSPS) is 14.5. The summed E-state index contributed by atoms with van der Waals surface area (Å²) in [5.41, 5.74) is 4.55. The zero-order chi connectivity index (χ0) is 14.7. The fourth-order valence-electron chi connectivity index (χ4n) is 2.90. The van der Waals surface area contributed by atoms with Crippen molar-refractivity contribution in [3.8, 4) is 0 Å². The zero-order valence-corrected chi connectivity index (χ0v) is 12.4. The number of halogens is 1. The van der Waals surface area contributed by atoms with Crippen LogP contribution in [0.2, 0.25) is 0 Å². The van der Waals surface area contributed by atoms with E-state index in [-0.39, 0.29) is 5.82 Å². The van der Waals surface area contributed by atoms with Gasteiger partial charge in [-0.05, 0) is 55.2 Å². The Bertz CT molecular complexity index is 618. The fourth-order valence-corrected chi connectivity index (χ4v) is 2.90. The molecule has 1 aliphatic heterocycles. The summed E-state index contributed by atoms with van der Waals surface area (Å²) in [4.78, 5) is 2.43. The summed E-state index contributed by atoms with van der Waals surface area (Å²) in [7, 11) is 0. The van der Waals surface area contributed by atoms with Gasteiger partial charge in [-0.2, -0.15) is 0 Å². The van der Waals surface area contributed by atoms with Gasteiger partial charge in [-0.1, -0.05) is 18.2 Å². The number of para-hydroxylation sites is 2. The maximum Gasteiger partial charge on any atom is 0.123 e. The summed E-state index contributed by atoms with van der Waals surface area (Å²) in [6.07, 6.45) is 2.54. The smallest absolute Gasteiger partial charge is 0.123 e. The van der Waals surface area contributed by atoms with Crippen molar-refractivity contribution < 1.29 is 4.39 Å². The highest BCUT2D eigenvalue weighted by molar-refractivity contribution is 5.70. The first-order valence-corrected chi connectivity index (χ1v) is 7.57. The lowest BCUT2D eigenvalue weighted by molar-refractivity contribution is 0.625. The van der Waals surface area contributed by atoms with Crippen molar-refractivity contribution in [3.05, 3.63) is 59.4 Å². The lowest BCUT2D eigenvalue weighted by Crippen LogP contribution is -2.19. The first-order chi connectivity index (χ1) is 10.2. The summed E-state index contributed by atoms with van der Waals surface area (Å²) < 4.78 is 13.2. The molecule has 2 aromatic carbocycles. The number of benzene rings is 2. The van der Waals surface area contributed by atoms with Crippen molar-refractivity contribution in [1.82, 2.24) is 0 Å². The van der Waals surface area contributed by atoms with Gasteiger partial charge in [-0.15, -0.1) is 0 Å². The van der Waals surface area contributed by atoms with E-state index in [2.05, 4.69) is 34.5 Å². The highest BCUT2D eigenvalue weighted by Crippen LogP contribution is 2.29. The van der Waals surface area contributed by atoms with Gasteiger partial charge in [0.2, 0.25) is 0 Å². The van der Waals surface area contributed by atoms with E-state index in [1.165, 1.54) is 24.6 Å². The SMILES string of the molecule is Cc1cc(F)ccc1CNc1ccccc1N1CCCC1. The Hall–Kier alpha value is -2.03. The van der Waals surface area contributed by atoms with E-state index in [1.807, 2.05) is 13.0 Å². The van der Waals surface area contributed by atoms with Crippen molar-refractivity contribution >= 4 is 11.4 Å². The molecule has 0 spiro atoms. The Morgan fingerprint density at radius 2 is 1.86 bits per heavy atom. The van der Waals surface area contributed by atoms with E-state index in [4.69, 9.17) is 0 Å². The molecule has 0 bridgehead atoms. The average Bonchev–Trinajstić information content (AvgIpc) is 3.01. The van der Waals surface area contributed by atoms with Crippen molar-refractivity contribution in [1.29, 1.82) is 0 Å². The molecule has 0 saturated carbocycles. The average molecular weight is 284 g/mol. The molecule has 0 amide bonds. The van der Waals surface area contributed by atoms with E-state index in [9.17, 15) is 4.39 Å². The molecule has 3 heteroatoms. The van der Waals surface area contributed by atoms with Crippen LogP contribution in [0.1, 0.15) is 24.0 Å².